The molecule has 2 bridgehead atoms. The van der Waals surface area contributed by atoms with Crippen LogP contribution in [0.25, 0.3) is 0 Å². The Balaban J connectivity index is 1.34. The van der Waals surface area contributed by atoms with E-state index in [4.69, 9.17) is 9.47 Å². The number of rotatable bonds is 8. The second-order valence-corrected chi connectivity index (χ2v) is 9.64. The van der Waals surface area contributed by atoms with Crippen LogP contribution >= 0.6 is 15.9 Å². The molecule has 0 unspecified atom stereocenters. The number of aromatic carboxylic acids is 1. The molecule has 0 aromatic heterocycles. The molecular formula is C26H23BrN2O6. The van der Waals surface area contributed by atoms with Crippen LogP contribution in [0.2, 0.25) is 0 Å². The molecule has 35 heavy (non-hydrogen) atoms. The third-order valence-corrected chi connectivity index (χ3v) is 7.25. The van der Waals surface area contributed by atoms with Gasteiger partial charge in [-0.3, -0.25) is 9.59 Å². The molecule has 180 valence electrons. The summed E-state index contributed by atoms with van der Waals surface area (Å²) >= 11 is 3.50. The van der Waals surface area contributed by atoms with Gasteiger partial charge in [0.25, 0.3) is 11.8 Å². The minimum Gasteiger partial charge on any atom is -0.490 e. The Morgan fingerprint density at radius 3 is 2.51 bits per heavy atom. The number of benzene rings is 2. The average Bonchev–Trinajstić information content (AvgIpc) is 3.52. The van der Waals surface area contributed by atoms with Gasteiger partial charge in [-0.1, -0.05) is 24.3 Å². The summed E-state index contributed by atoms with van der Waals surface area (Å²) in [5.74, 6) is -0.894. The first-order valence-corrected chi connectivity index (χ1v) is 12.2. The minimum absolute atomic E-state index is 0.132. The summed E-state index contributed by atoms with van der Waals surface area (Å²) in [6.45, 7) is 2.38. The Hall–Kier alpha value is -3.46. The monoisotopic (exact) mass is 538 g/mol. The van der Waals surface area contributed by atoms with Crippen molar-refractivity contribution in [1.82, 2.24) is 5.01 Å². The molecule has 2 aliphatic carbocycles. The van der Waals surface area contributed by atoms with Crippen molar-refractivity contribution in [3.05, 3.63) is 69.7 Å². The largest absolute Gasteiger partial charge is 0.490 e. The maximum Gasteiger partial charge on any atom is 0.335 e. The molecule has 0 radical (unpaired) electrons. The number of allylic oxidation sites excluding steroid dienone is 2. The maximum absolute atomic E-state index is 12.9. The highest BCUT2D eigenvalue weighted by atomic mass is 79.9. The molecule has 2 fully saturated rings. The van der Waals surface area contributed by atoms with Crippen LogP contribution in [0.1, 0.15) is 34.8 Å². The zero-order valence-electron chi connectivity index (χ0n) is 18.9. The molecule has 2 aromatic carbocycles. The normalized spacial score (nSPS) is 24.5. The van der Waals surface area contributed by atoms with E-state index >= 15 is 0 Å². The van der Waals surface area contributed by atoms with Crippen molar-refractivity contribution in [2.75, 3.05) is 6.61 Å². The number of carbonyl (C=O) groups is 3. The van der Waals surface area contributed by atoms with Crippen LogP contribution in [0.4, 0.5) is 0 Å². The Bertz CT molecular complexity index is 1240. The van der Waals surface area contributed by atoms with E-state index in [1.165, 1.54) is 12.3 Å². The first-order chi connectivity index (χ1) is 16.9. The number of amides is 2. The third-order valence-electron chi connectivity index (χ3n) is 6.66. The van der Waals surface area contributed by atoms with Crippen LogP contribution in [0, 0.1) is 23.7 Å². The van der Waals surface area contributed by atoms with Gasteiger partial charge >= 0.3 is 5.97 Å². The van der Waals surface area contributed by atoms with E-state index in [1.807, 2.05) is 19.1 Å². The van der Waals surface area contributed by atoms with Crippen LogP contribution in [0.5, 0.6) is 11.5 Å². The van der Waals surface area contributed by atoms with Gasteiger partial charge in [-0.2, -0.15) is 10.1 Å². The molecule has 1 heterocycles. The van der Waals surface area contributed by atoms with Gasteiger partial charge in [-0.15, -0.1) is 0 Å². The number of ether oxygens (including phenoxy) is 2. The molecule has 1 saturated heterocycles. The number of carboxylic acid groups (broad SMARTS) is 1. The van der Waals surface area contributed by atoms with E-state index in [9.17, 15) is 19.5 Å². The van der Waals surface area contributed by atoms with E-state index < -0.39 is 5.97 Å². The van der Waals surface area contributed by atoms with Gasteiger partial charge in [-0.05, 0) is 76.5 Å². The van der Waals surface area contributed by atoms with Crippen molar-refractivity contribution in [3.8, 4) is 11.5 Å². The Morgan fingerprint density at radius 2 is 1.86 bits per heavy atom. The maximum atomic E-state index is 12.9. The van der Waals surface area contributed by atoms with E-state index in [1.54, 1.807) is 30.3 Å². The summed E-state index contributed by atoms with van der Waals surface area (Å²) in [6.07, 6.45) is 6.44. The van der Waals surface area contributed by atoms with Gasteiger partial charge in [0, 0.05) is 0 Å². The zero-order valence-corrected chi connectivity index (χ0v) is 20.5. The van der Waals surface area contributed by atoms with Gasteiger partial charge in [-0.25, -0.2) is 4.79 Å². The zero-order chi connectivity index (χ0) is 24.7. The first-order valence-electron chi connectivity index (χ1n) is 11.4. The van der Waals surface area contributed by atoms with Crippen molar-refractivity contribution in [2.45, 2.75) is 20.0 Å². The molecule has 1 aliphatic heterocycles. The van der Waals surface area contributed by atoms with Crippen LogP contribution in [-0.4, -0.2) is 40.7 Å². The van der Waals surface area contributed by atoms with Gasteiger partial charge < -0.3 is 14.6 Å². The number of carbonyl (C=O) groups excluding carboxylic acids is 2. The fourth-order valence-corrected chi connectivity index (χ4v) is 5.71. The van der Waals surface area contributed by atoms with E-state index in [-0.39, 0.29) is 47.7 Å². The summed E-state index contributed by atoms with van der Waals surface area (Å²) < 4.78 is 12.3. The number of hydrogen-bond acceptors (Lipinski definition) is 6. The number of halogens is 1. The van der Waals surface area contributed by atoms with Gasteiger partial charge in [0.05, 0.1) is 34.7 Å². The third kappa shape index (κ3) is 4.25. The molecule has 4 atom stereocenters. The van der Waals surface area contributed by atoms with Crippen molar-refractivity contribution >= 4 is 39.9 Å². The fourth-order valence-electron chi connectivity index (χ4n) is 5.14. The summed E-state index contributed by atoms with van der Waals surface area (Å²) in [4.78, 5) is 36.9. The fraction of sp³-hybridized carbons (Fsp3) is 0.308. The molecule has 1 N–H and O–H groups in total. The smallest absolute Gasteiger partial charge is 0.335 e. The summed E-state index contributed by atoms with van der Waals surface area (Å²) in [5, 5.41) is 14.4. The lowest BCUT2D eigenvalue weighted by molar-refractivity contribution is -0.140. The number of carboxylic acids is 1. The Morgan fingerprint density at radius 1 is 1.14 bits per heavy atom. The number of nitrogens with zero attached hydrogens (tertiary/aromatic N) is 2. The van der Waals surface area contributed by atoms with Crippen molar-refractivity contribution in [1.29, 1.82) is 0 Å². The SMILES string of the molecule is CCOc1cc(C=NN2C(=O)[C@@H]3[C@H](C2=O)[C@H]2C=C[C@H]3C2)cc(Br)c1OCc1cccc(C(=O)O)c1. The molecule has 3 aliphatic rings. The topological polar surface area (TPSA) is 106 Å². The Labute approximate surface area is 210 Å². The lowest BCUT2D eigenvalue weighted by Gasteiger charge is -2.15. The lowest BCUT2D eigenvalue weighted by Crippen LogP contribution is -2.28. The highest BCUT2D eigenvalue weighted by molar-refractivity contribution is 9.10. The van der Waals surface area contributed by atoms with Crippen LogP contribution in [0.15, 0.2) is 58.1 Å². The van der Waals surface area contributed by atoms with Gasteiger partial charge in [0.15, 0.2) is 11.5 Å². The lowest BCUT2D eigenvalue weighted by atomic mass is 9.85. The Kier molecular flexibility index (Phi) is 6.19. The number of fused-ring (bicyclic) bond motifs is 5. The van der Waals surface area contributed by atoms with Crippen LogP contribution < -0.4 is 9.47 Å². The molecule has 8 nitrogen and oxygen atoms in total. The van der Waals surface area contributed by atoms with Crippen molar-refractivity contribution in [2.24, 2.45) is 28.8 Å². The van der Waals surface area contributed by atoms with Gasteiger partial charge in [0.1, 0.15) is 6.61 Å². The molecule has 1 saturated carbocycles. The minimum atomic E-state index is -1.01. The predicted octanol–water partition coefficient (Wildman–Crippen LogP) is 4.27. The van der Waals surface area contributed by atoms with E-state index in [0.29, 0.717) is 33.7 Å². The highest BCUT2D eigenvalue weighted by Gasteiger charge is 2.59. The van der Waals surface area contributed by atoms with E-state index in [2.05, 4.69) is 21.0 Å². The second kappa shape index (κ2) is 9.30. The number of imide groups is 1. The molecule has 0 spiro atoms. The standard InChI is InChI=1S/C26H23BrN2O6/c1-2-34-20-10-15(9-19(27)23(20)35-13-14-4-3-5-18(8-14)26(32)33)12-28-29-24(30)21-16-6-7-17(11-16)22(21)25(29)31/h3-10,12,16-17,21-22H,2,11,13H2,1H3,(H,32,33)/t16-,17-,21-,22+/m0/s1. The molecule has 2 aromatic rings. The second-order valence-electron chi connectivity index (χ2n) is 8.79. The summed E-state index contributed by atoms with van der Waals surface area (Å²) in [6, 6.07) is 9.99. The van der Waals surface area contributed by atoms with Crippen LogP contribution in [-0.2, 0) is 16.2 Å². The predicted molar refractivity (Wildman–Crippen MR) is 130 cm³/mol. The molecular weight excluding hydrogens is 516 g/mol. The first kappa shape index (κ1) is 23.3. The highest BCUT2D eigenvalue weighted by Crippen LogP contribution is 2.52. The quantitative estimate of drug-likeness (QED) is 0.305. The summed E-state index contributed by atoms with van der Waals surface area (Å²) in [5.41, 5.74) is 1.50. The molecule has 2 amide bonds. The number of hydrogen-bond donors (Lipinski definition) is 1. The van der Waals surface area contributed by atoms with Gasteiger partial charge in [0.2, 0.25) is 0 Å². The summed E-state index contributed by atoms with van der Waals surface area (Å²) in [7, 11) is 0. The average molecular weight is 539 g/mol. The van der Waals surface area contributed by atoms with Crippen molar-refractivity contribution < 1.29 is 29.0 Å². The number of hydrazone groups is 1. The molecule has 5 rings (SSSR count). The van der Waals surface area contributed by atoms with E-state index in [0.717, 1.165) is 11.4 Å². The van der Waals surface area contributed by atoms with Crippen molar-refractivity contribution in [3.63, 3.8) is 0 Å². The molecule has 9 heteroatoms. The van der Waals surface area contributed by atoms with Crippen LogP contribution in [0.3, 0.4) is 0 Å².